The number of rotatable bonds is 15. The molecule has 2 aromatic rings. The van der Waals surface area contributed by atoms with Gasteiger partial charge in [0.1, 0.15) is 17.1 Å². The van der Waals surface area contributed by atoms with E-state index in [1.807, 2.05) is 13.8 Å². The second-order valence-electron chi connectivity index (χ2n) is 13.6. The molecule has 0 aliphatic rings. The number of esters is 1. The summed E-state index contributed by atoms with van der Waals surface area (Å²) in [7, 11) is -1.13. The zero-order valence-electron chi connectivity index (χ0n) is 29.1. The lowest BCUT2D eigenvalue weighted by molar-refractivity contribution is -0.504. The number of amides is 1. The number of methoxy groups -OCH3 is 2. The molecule has 46 heavy (non-hydrogen) atoms. The summed E-state index contributed by atoms with van der Waals surface area (Å²) >= 11 is 0. The van der Waals surface area contributed by atoms with Crippen LogP contribution in [-0.4, -0.2) is 80.0 Å². The third-order valence-corrected chi connectivity index (χ3v) is 8.84. The normalized spacial score (nSPS) is 13.3. The Labute approximate surface area is 274 Å². The van der Waals surface area contributed by atoms with E-state index in [1.165, 1.54) is 44.5 Å². The van der Waals surface area contributed by atoms with Crippen LogP contribution in [0.25, 0.3) is 0 Å². The molecule has 0 aliphatic heterocycles. The molecule has 2 aromatic carbocycles. The van der Waals surface area contributed by atoms with Crippen LogP contribution >= 0.6 is 0 Å². The number of hydrogen-bond donors (Lipinski definition) is 0. The van der Waals surface area contributed by atoms with E-state index in [-0.39, 0.29) is 36.7 Å². The Hall–Kier alpha value is -3.35. The third kappa shape index (κ3) is 11.2. The lowest BCUT2D eigenvalue weighted by Gasteiger charge is -2.49. The zero-order valence-corrected chi connectivity index (χ0v) is 29.9. The van der Waals surface area contributed by atoms with Crippen LogP contribution in [0.5, 0.6) is 11.5 Å². The highest BCUT2D eigenvalue weighted by molar-refractivity contribution is 7.89. The first kappa shape index (κ1) is 38.8. The van der Waals surface area contributed by atoms with E-state index in [9.17, 15) is 23.1 Å². The Morgan fingerprint density at radius 2 is 1.41 bits per heavy atom. The predicted molar refractivity (Wildman–Crippen MR) is 174 cm³/mol. The first-order chi connectivity index (χ1) is 21.1. The molecule has 0 bridgehead atoms. The highest BCUT2D eigenvalue weighted by Gasteiger charge is 2.35. The van der Waals surface area contributed by atoms with Gasteiger partial charge in [0.05, 0.1) is 19.1 Å². The lowest BCUT2D eigenvalue weighted by Crippen LogP contribution is -2.62. The summed E-state index contributed by atoms with van der Waals surface area (Å²) in [6.45, 7) is 15.2. The Bertz CT molecular complexity index is 1390. The van der Waals surface area contributed by atoms with Crippen molar-refractivity contribution in [3.63, 3.8) is 0 Å². The summed E-state index contributed by atoms with van der Waals surface area (Å²) in [5, 5.41) is 13.6. The zero-order chi connectivity index (χ0) is 35.1. The molecule has 0 unspecified atom stereocenters. The van der Waals surface area contributed by atoms with Crippen molar-refractivity contribution in [1.29, 1.82) is 0 Å². The summed E-state index contributed by atoms with van der Waals surface area (Å²) in [6.07, 6.45) is -0.407. The number of sulfonamides is 1. The van der Waals surface area contributed by atoms with Gasteiger partial charge in [0.2, 0.25) is 10.0 Å². The fraction of sp³-hybridized carbons (Fsp3) is 0.588. The molecule has 0 radical (unpaired) electrons. The molecule has 12 heteroatoms. The van der Waals surface area contributed by atoms with Gasteiger partial charge in [-0.05, 0) is 101 Å². The lowest BCUT2D eigenvalue weighted by atomic mass is 9.99. The maximum absolute atomic E-state index is 13.8. The summed E-state index contributed by atoms with van der Waals surface area (Å²) in [5.41, 5.74) is -3.20. The van der Waals surface area contributed by atoms with Gasteiger partial charge in [0, 0.05) is 19.1 Å². The fourth-order valence-corrected chi connectivity index (χ4v) is 6.51. The van der Waals surface area contributed by atoms with E-state index in [2.05, 4.69) is 0 Å². The van der Waals surface area contributed by atoms with Crippen LogP contribution in [0.15, 0.2) is 53.4 Å². The van der Waals surface area contributed by atoms with Crippen molar-refractivity contribution in [2.75, 3.05) is 27.3 Å². The topological polar surface area (TPSA) is 135 Å². The van der Waals surface area contributed by atoms with Crippen LogP contribution in [0.1, 0.15) is 74.3 Å². The number of carbonyl (C=O) groups excluding carboxylic acids is 2. The Morgan fingerprint density at radius 1 is 0.870 bits per heavy atom. The van der Waals surface area contributed by atoms with Crippen molar-refractivity contribution < 1.29 is 42.1 Å². The number of nitrogens with zero attached hydrogens (tertiary/aromatic N) is 2. The van der Waals surface area contributed by atoms with Gasteiger partial charge in [0.15, 0.2) is 5.60 Å². The minimum atomic E-state index is -3.92. The Kier molecular flexibility index (Phi) is 13.1. The molecule has 2 rings (SSSR count). The van der Waals surface area contributed by atoms with Gasteiger partial charge in [-0.15, -0.1) is 0 Å². The smallest absolute Gasteiger partial charge is 0.409 e. The molecule has 0 aromatic heterocycles. The van der Waals surface area contributed by atoms with Crippen molar-refractivity contribution >= 4 is 22.1 Å². The maximum atomic E-state index is 13.8. The molecule has 1 atom stereocenters. The molecule has 258 valence electrons. The first-order valence-corrected chi connectivity index (χ1v) is 16.8. The van der Waals surface area contributed by atoms with Gasteiger partial charge in [-0.1, -0.05) is 39.8 Å². The molecule has 0 heterocycles. The second-order valence-corrected chi connectivity index (χ2v) is 15.6. The van der Waals surface area contributed by atoms with Crippen LogP contribution in [0.3, 0.4) is 0 Å². The van der Waals surface area contributed by atoms with Gasteiger partial charge >= 0.3 is 12.1 Å². The largest absolute Gasteiger partial charge is 0.834 e. The Balaban J connectivity index is 2.50. The van der Waals surface area contributed by atoms with E-state index < -0.39 is 45.1 Å². The van der Waals surface area contributed by atoms with E-state index in [1.54, 1.807) is 71.0 Å². The summed E-state index contributed by atoms with van der Waals surface area (Å²) in [6, 6.07) is 12.4. The van der Waals surface area contributed by atoms with Crippen LogP contribution in [0.4, 0.5) is 4.79 Å². The van der Waals surface area contributed by atoms with Crippen molar-refractivity contribution in [1.82, 2.24) is 9.21 Å². The fourth-order valence-electron chi connectivity index (χ4n) is 4.90. The second kappa shape index (κ2) is 15.5. The molecule has 1 amide bonds. The quantitative estimate of drug-likeness (QED) is 0.190. The van der Waals surface area contributed by atoms with Crippen LogP contribution in [0.2, 0.25) is 0 Å². The van der Waals surface area contributed by atoms with Crippen molar-refractivity contribution in [3.8, 4) is 11.5 Å². The van der Waals surface area contributed by atoms with Crippen LogP contribution in [0, 0.1) is 5.92 Å². The molecule has 0 spiro atoms. The molecular formula is C34H51N2O9S-. The molecule has 0 fully saturated rings. The monoisotopic (exact) mass is 663 g/mol. The first-order valence-electron chi connectivity index (χ1n) is 15.3. The minimum absolute atomic E-state index is 0.00571. The van der Waals surface area contributed by atoms with Gasteiger partial charge in [-0.3, -0.25) is 0 Å². The summed E-state index contributed by atoms with van der Waals surface area (Å²) < 4.78 is 50.5. The SMILES string of the molecule is COC(=O)C(C)(C)Oc1ccc(C[C@@H](CCN(CC(C)C)S(=O)(=O)c2ccc(OC)cc2)N(C(=O)OC(C)(C)C)C(C)(C)[O-])cc1. The predicted octanol–water partition coefficient (Wildman–Crippen LogP) is 5.01. The van der Waals surface area contributed by atoms with E-state index in [4.69, 9.17) is 18.9 Å². The molecule has 0 saturated heterocycles. The van der Waals surface area contributed by atoms with E-state index in [0.717, 1.165) is 10.5 Å². The van der Waals surface area contributed by atoms with Crippen LogP contribution in [-0.2, 0) is 30.7 Å². The average molecular weight is 664 g/mol. The van der Waals surface area contributed by atoms with Gasteiger partial charge in [-0.2, -0.15) is 4.31 Å². The molecule has 11 nitrogen and oxygen atoms in total. The third-order valence-electron chi connectivity index (χ3n) is 6.96. The number of ether oxygens (including phenoxy) is 4. The number of benzene rings is 2. The standard InChI is InChI=1S/C34H51N2O9S/c1-24(2)23-35(46(40,41)29-18-16-27(42-10)17-19-29)21-20-26(36(34(8,9)39)31(38)45-32(3,4)5)22-25-12-14-28(15-13-25)44-33(6,7)30(37)43-11/h12-19,24,26H,20-23H2,1-11H3/q-1/t26-/m1/s1. The molecular weight excluding hydrogens is 612 g/mol. The number of hydrogen-bond acceptors (Lipinski definition) is 9. The van der Waals surface area contributed by atoms with Crippen molar-refractivity contribution in [3.05, 3.63) is 54.1 Å². The Morgan fingerprint density at radius 3 is 1.87 bits per heavy atom. The molecule has 0 saturated carbocycles. The maximum Gasteiger partial charge on any atom is 0.409 e. The summed E-state index contributed by atoms with van der Waals surface area (Å²) in [4.78, 5) is 26.9. The highest BCUT2D eigenvalue weighted by Crippen LogP contribution is 2.27. The summed E-state index contributed by atoms with van der Waals surface area (Å²) in [5.74, 6) is 0.437. The van der Waals surface area contributed by atoms with Gasteiger partial charge < -0.3 is 29.0 Å². The van der Waals surface area contributed by atoms with E-state index in [0.29, 0.717) is 11.5 Å². The van der Waals surface area contributed by atoms with E-state index >= 15 is 0 Å². The van der Waals surface area contributed by atoms with Gasteiger partial charge in [-0.25, -0.2) is 18.0 Å². The molecule has 0 aliphatic carbocycles. The number of carbonyl (C=O) groups is 2. The van der Waals surface area contributed by atoms with Crippen LogP contribution < -0.4 is 14.6 Å². The average Bonchev–Trinajstić information content (AvgIpc) is 2.93. The highest BCUT2D eigenvalue weighted by atomic mass is 32.2. The van der Waals surface area contributed by atoms with Gasteiger partial charge in [0.25, 0.3) is 0 Å². The minimum Gasteiger partial charge on any atom is -0.834 e. The molecule has 0 N–H and O–H groups in total. The van der Waals surface area contributed by atoms with Crippen molar-refractivity contribution in [2.24, 2.45) is 5.92 Å². The van der Waals surface area contributed by atoms with Crippen molar-refractivity contribution in [2.45, 2.75) is 103 Å².